The van der Waals surface area contributed by atoms with Crippen molar-refractivity contribution in [1.29, 1.82) is 0 Å². The number of rotatable bonds is 11. The number of hydrogen-bond acceptors (Lipinski definition) is 9. The Balaban J connectivity index is 1.36. The number of fused-ring (bicyclic) bond motifs is 2. The average molecular weight is 668 g/mol. The first-order valence-corrected chi connectivity index (χ1v) is 16.8. The van der Waals surface area contributed by atoms with Crippen LogP contribution >= 0.6 is 7.60 Å². The Bertz CT molecular complexity index is 1710. The summed E-state index contributed by atoms with van der Waals surface area (Å²) in [6, 6.07) is 8.04. The molecular weight excluding hydrogens is 629 g/mol. The second-order valence-corrected chi connectivity index (χ2v) is 13.3. The standard InChI is InChI=1S/C31H38N7O8P/c1-2-37-14-12-20-7-10-26(29(41)35-23(9-11-27(32)39)22-5-3-4-13-33-22)38(20)30(42)25(17-37)36-28(40)24-16-19-15-18(6-8-21(19)34-24)31(43)47(44,45)46/h2-6,8,13,15-16,20,23,25-27,34,39H,1,7,9-12,14,17,32H2,(H,35,41)(H,36,40)(H2,44,45,46)/t20-,23+,25?,26+,27?/m1/s1. The van der Waals surface area contributed by atoms with Crippen molar-refractivity contribution in [2.75, 3.05) is 13.1 Å². The fraction of sp³-hybridized carbons (Fsp3) is 0.387. The zero-order chi connectivity index (χ0) is 33.9. The molecule has 8 N–H and O–H groups in total. The van der Waals surface area contributed by atoms with Crippen LogP contribution in [0.1, 0.15) is 64.7 Å². The maximum atomic E-state index is 14.2. The fourth-order valence-electron chi connectivity index (χ4n) is 6.20. The summed E-state index contributed by atoms with van der Waals surface area (Å²) in [5.74, 6) is -1.42. The molecule has 3 amide bonds. The second kappa shape index (κ2) is 14.2. The summed E-state index contributed by atoms with van der Waals surface area (Å²) in [5, 5.41) is 15.8. The summed E-state index contributed by atoms with van der Waals surface area (Å²) >= 11 is 0. The number of nitrogens with zero attached hydrogens (tertiary/aromatic N) is 3. The van der Waals surface area contributed by atoms with Gasteiger partial charge in [0.2, 0.25) is 11.8 Å². The van der Waals surface area contributed by atoms with Gasteiger partial charge < -0.3 is 46.0 Å². The smallest absolute Gasteiger partial charge is 0.379 e. The zero-order valence-corrected chi connectivity index (χ0v) is 26.4. The Morgan fingerprint density at radius 1 is 1.15 bits per heavy atom. The molecule has 0 saturated carbocycles. The van der Waals surface area contributed by atoms with Crippen molar-refractivity contribution in [3.63, 3.8) is 0 Å². The lowest BCUT2D eigenvalue weighted by Crippen LogP contribution is -2.60. The Kier molecular flexibility index (Phi) is 10.2. The van der Waals surface area contributed by atoms with E-state index in [1.54, 1.807) is 35.5 Å². The van der Waals surface area contributed by atoms with Crippen LogP contribution in [0.2, 0.25) is 0 Å². The SMILES string of the molecule is C=CN1CC[C@H]2CC[C@@H](C(=O)N[C@@H](CCC(N)O)c3ccccn3)N2C(=O)C(NC(=O)c2cc3cc(C(=O)P(=O)(O)O)ccc3[nH]2)C1. The molecule has 0 bridgehead atoms. The first-order valence-electron chi connectivity index (χ1n) is 15.2. The van der Waals surface area contributed by atoms with E-state index in [-0.39, 0.29) is 36.2 Å². The van der Waals surface area contributed by atoms with Crippen molar-refractivity contribution < 1.29 is 38.6 Å². The van der Waals surface area contributed by atoms with Gasteiger partial charge in [-0.25, -0.2) is 0 Å². The highest BCUT2D eigenvalue weighted by Gasteiger charge is 2.45. The number of aromatic nitrogens is 2. The fourth-order valence-corrected chi connectivity index (χ4v) is 6.68. The van der Waals surface area contributed by atoms with Crippen molar-refractivity contribution in [2.45, 2.75) is 62.5 Å². The minimum Gasteiger partial charge on any atom is -0.379 e. The number of hydrogen-bond donors (Lipinski definition) is 7. The molecule has 1 aromatic carbocycles. The maximum Gasteiger partial charge on any atom is 0.396 e. The van der Waals surface area contributed by atoms with E-state index in [4.69, 9.17) is 5.73 Å². The lowest BCUT2D eigenvalue weighted by molar-refractivity contribution is -0.143. The average Bonchev–Trinajstić information content (AvgIpc) is 3.67. The largest absolute Gasteiger partial charge is 0.396 e. The first kappa shape index (κ1) is 33.9. The number of aliphatic hydroxyl groups is 1. The first-order chi connectivity index (χ1) is 22.3. The minimum atomic E-state index is -5.00. The number of aromatic amines is 1. The lowest BCUT2D eigenvalue weighted by Gasteiger charge is -2.38. The van der Waals surface area contributed by atoms with Crippen LogP contribution in [0.15, 0.2) is 61.4 Å². The van der Waals surface area contributed by atoms with E-state index in [0.717, 1.165) is 0 Å². The van der Waals surface area contributed by atoms with Gasteiger partial charge in [0, 0.05) is 41.8 Å². The predicted octanol–water partition coefficient (Wildman–Crippen LogP) is 1.10. The number of H-pyrrole nitrogens is 1. The van der Waals surface area contributed by atoms with Crippen LogP contribution < -0.4 is 16.4 Å². The van der Waals surface area contributed by atoms with E-state index in [2.05, 4.69) is 27.2 Å². The Hall–Kier alpha value is -4.40. The predicted molar refractivity (Wildman–Crippen MR) is 171 cm³/mol. The molecule has 2 aliphatic heterocycles. The van der Waals surface area contributed by atoms with E-state index in [9.17, 15) is 38.6 Å². The minimum absolute atomic E-state index is 0.0633. The number of amides is 3. The van der Waals surface area contributed by atoms with Gasteiger partial charge in [0.05, 0.1) is 11.7 Å². The highest BCUT2D eigenvalue weighted by molar-refractivity contribution is 7.70. The van der Waals surface area contributed by atoms with Crippen LogP contribution in [0.4, 0.5) is 0 Å². The molecule has 15 nitrogen and oxygen atoms in total. The summed E-state index contributed by atoms with van der Waals surface area (Å²) in [6.07, 6.45) is 4.30. The van der Waals surface area contributed by atoms with Crippen molar-refractivity contribution in [2.24, 2.45) is 5.73 Å². The molecular formula is C31H38N7O8P. The van der Waals surface area contributed by atoms with Gasteiger partial charge in [-0.3, -0.25) is 28.7 Å². The number of aliphatic hydroxyl groups excluding tert-OH is 1. The third-order valence-corrected chi connectivity index (χ3v) is 9.36. The topological polar surface area (TPSA) is 231 Å². The lowest BCUT2D eigenvalue weighted by atomic mass is 10.0. The van der Waals surface area contributed by atoms with Crippen LogP contribution in [0.5, 0.6) is 0 Å². The quantitative estimate of drug-likeness (QED) is 0.113. The van der Waals surface area contributed by atoms with Crippen LogP contribution in [-0.4, -0.2) is 95.3 Å². The van der Waals surface area contributed by atoms with Crippen molar-refractivity contribution >= 4 is 41.7 Å². The summed E-state index contributed by atoms with van der Waals surface area (Å²) in [7, 11) is -5.00. The molecule has 5 rings (SSSR count). The molecule has 2 aromatic heterocycles. The van der Waals surface area contributed by atoms with Gasteiger partial charge in [-0.15, -0.1) is 0 Å². The molecule has 16 heteroatoms. The molecule has 2 unspecified atom stereocenters. The van der Waals surface area contributed by atoms with E-state index in [0.29, 0.717) is 48.8 Å². The molecule has 0 spiro atoms. The van der Waals surface area contributed by atoms with Crippen molar-refractivity contribution in [1.82, 2.24) is 30.4 Å². The van der Waals surface area contributed by atoms with Crippen LogP contribution in [0, 0.1) is 0 Å². The number of pyridine rings is 1. The third-order valence-electron chi connectivity index (χ3n) is 8.58. The number of nitrogens with one attached hydrogen (secondary N) is 3. The van der Waals surface area contributed by atoms with Gasteiger partial charge in [-0.05, 0) is 74.7 Å². The summed E-state index contributed by atoms with van der Waals surface area (Å²) in [4.78, 5) is 82.7. The highest BCUT2D eigenvalue weighted by atomic mass is 31.2. The van der Waals surface area contributed by atoms with E-state index >= 15 is 0 Å². The monoisotopic (exact) mass is 667 g/mol. The van der Waals surface area contributed by atoms with Gasteiger partial charge in [0.1, 0.15) is 24.0 Å². The van der Waals surface area contributed by atoms with Crippen molar-refractivity contribution in [3.05, 3.63) is 78.4 Å². The summed E-state index contributed by atoms with van der Waals surface area (Å²) in [6.45, 7) is 4.50. The molecule has 47 heavy (non-hydrogen) atoms. The zero-order valence-electron chi connectivity index (χ0n) is 25.5. The van der Waals surface area contributed by atoms with Crippen LogP contribution in [0.25, 0.3) is 10.9 Å². The van der Waals surface area contributed by atoms with Gasteiger partial charge >= 0.3 is 7.60 Å². The van der Waals surface area contributed by atoms with Crippen molar-refractivity contribution in [3.8, 4) is 0 Å². The number of benzene rings is 1. The van der Waals surface area contributed by atoms with E-state index in [1.807, 2.05) is 4.90 Å². The van der Waals surface area contributed by atoms with Gasteiger partial charge in [0.25, 0.3) is 11.4 Å². The maximum absolute atomic E-state index is 14.2. The summed E-state index contributed by atoms with van der Waals surface area (Å²) < 4.78 is 11.4. The van der Waals surface area contributed by atoms with E-state index < -0.39 is 49.3 Å². The second-order valence-electron chi connectivity index (χ2n) is 11.8. The Morgan fingerprint density at radius 2 is 1.94 bits per heavy atom. The van der Waals surface area contributed by atoms with Crippen LogP contribution in [0.3, 0.4) is 0 Å². The molecule has 4 heterocycles. The van der Waals surface area contributed by atoms with Gasteiger partial charge in [0.15, 0.2) is 0 Å². The van der Waals surface area contributed by atoms with Gasteiger partial charge in [-0.2, -0.15) is 0 Å². The number of carbonyl (C=O) groups is 4. The molecule has 0 aliphatic carbocycles. The molecule has 0 radical (unpaired) electrons. The third kappa shape index (κ3) is 7.77. The number of nitrogens with two attached hydrogens (primary N) is 1. The van der Waals surface area contributed by atoms with E-state index in [1.165, 1.54) is 24.3 Å². The molecule has 2 saturated heterocycles. The van der Waals surface area contributed by atoms with Gasteiger partial charge in [-0.1, -0.05) is 12.6 Å². The summed E-state index contributed by atoms with van der Waals surface area (Å²) in [5.41, 5.74) is 5.12. The highest BCUT2D eigenvalue weighted by Crippen LogP contribution is 2.39. The number of carbonyl (C=O) groups excluding carboxylic acids is 4. The molecule has 2 fully saturated rings. The molecule has 2 aliphatic rings. The van der Waals surface area contributed by atoms with Crippen LogP contribution in [-0.2, 0) is 14.2 Å². The Labute approximate surface area is 270 Å². The molecule has 250 valence electrons. The molecule has 5 atom stereocenters. The normalized spacial score (nSPS) is 21.4. The Morgan fingerprint density at radius 3 is 2.62 bits per heavy atom. The molecule has 3 aromatic rings.